The van der Waals surface area contributed by atoms with Crippen LogP contribution in [0, 0.1) is 0 Å². The maximum atomic E-state index is 12.8. The highest BCUT2D eigenvalue weighted by molar-refractivity contribution is 5.42. The van der Waals surface area contributed by atoms with Gasteiger partial charge in [-0.3, -0.25) is 0 Å². The summed E-state index contributed by atoms with van der Waals surface area (Å²) in [5, 5.41) is 3.96. The van der Waals surface area contributed by atoms with E-state index >= 15 is 0 Å². The molecule has 2 N–H and O–H groups in total. The number of nitrogens with zero attached hydrogens (tertiary/aromatic N) is 2. The Morgan fingerprint density at radius 2 is 1.88 bits per heavy atom. The van der Waals surface area contributed by atoms with Gasteiger partial charge in [0, 0.05) is 12.7 Å². The fourth-order valence-electron chi connectivity index (χ4n) is 1.52. The van der Waals surface area contributed by atoms with Gasteiger partial charge in [0.1, 0.15) is 0 Å². The number of aromatic nitrogens is 2. The van der Waals surface area contributed by atoms with E-state index in [4.69, 9.17) is 5.73 Å². The number of rotatable bonds is 2. The number of hydrogen-bond donors (Lipinski definition) is 1. The summed E-state index contributed by atoms with van der Waals surface area (Å²) in [6, 6.07) is 6.87. The summed E-state index contributed by atoms with van der Waals surface area (Å²) in [6.45, 7) is 0.196. The van der Waals surface area contributed by atoms with E-state index in [1.807, 2.05) is 0 Å². The largest absolute Gasteiger partial charge is 0.418 e. The predicted molar refractivity (Wildman–Crippen MR) is 56.5 cm³/mol. The number of hydrogen-bond acceptors (Lipinski definition) is 2. The van der Waals surface area contributed by atoms with Crippen molar-refractivity contribution in [2.45, 2.75) is 12.7 Å². The Morgan fingerprint density at radius 1 is 1.18 bits per heavy atom. The van der Waals surface area contributed by atoms with E-state index in [1.54, 1.807) is 6.07 Å². The van der Waals surface area contributed by atoms with Crippen LogP contribution in [0.2, 0.25) is 0 Å². The van der Waals surface area contributed by atoms with Crippen LogP contribution in [-0.4, -0.2) is 9.78 Å². The number of nitrogens with two attached hydrogens (primary N) is 1. The monoisotopic (exact) mass is 241 g/mol. The first-order chi connectivity index (χ1) is 8.02. The molecule has 0 saturated carbocycles. The van der Waals surface area contributed by atoms with E-state index in [1.165, 1.54) is 29.1 Å². The Kier molecular flexibility index (Phi) is 2.89. The quantitative estimate of drug-likeness (QED) is 0.877. The maximum Gasteiger partial charge on any atom is 0.418 e. The molecule has 0 aliphatic carbocycles. The fourth-order valence-corrected chi connectivity index (χ4v) is 1.52. The van der Waals surface area contributed by atoms with E-state index in [9.17, 15) is 13.2 Å². The van der Waals surface area contributed by atoms with E-state index in [0.29, 0.717) is 5.69 Å². The molecular formula is C11H10F3N3. The molecule has 0 aliphatic heterocycles. The first-order valence-electron chi connectivity index (χ1n) is 4.93. The second-order valence-electron chi connectivity index (χ2n) is 3.47. The van der Waals surface area contributed by atoms with E-state index in [2.05, 4.69) is 5.10 Å². The molecule has 2 rings (SSSR count). The molecule has 0 aliphatic rings. The number of para-hydroxylation sites is 1. The van der Waals surface area contributed by atoms with Crippen molar-refractivity contribution in [1.29, 1.82) is 0 Å². The second kappa shape index (κ2) is 4.21. The number of benzene rings is 1. The summed E-state index contributed by atoms with van der Waals surface area (Å²) in [4.78, 5) is 0. The van der Waals surface area contributed by atoms with Crippen LogP contribution in [0.5, 0.6) is 0 Å². The van der Waals surface area contributed by atoms with Gasteiger partial charge in [-0.2, -0.15) is 18.3 Å². The molecule has 0 saturated heterocycles. The summed E-state index contributed by atoms with van der Waals surface area (Å²) < 4.78 is 39.5. The SMILES string of the molecule is NCc1ccn(-c2ccccc2C(F)(F)F)n1. The maximum absolute atomic E-state index is 12.8. The molecule has 0 amide bonds. The van der Waals surface area contributed by atoms with Crippen LogP contribution < -0.4 is 5.73 Å². The first-order valence-corrected chi connectivity index (χ1v) is 4.93. The molecular weight excluding hydrogens is 231 g/mol. The Labute approximate surface area is 95.7 Å². The summed E-state index contributed by atoms with van der Waals surface area (Å²) in [7, 11) is 0. The molecule has 6 heteroatoms. The molecule has 90 valence electrons. The van der Waals surface area contributed by atoms with Gasteiger partial charge in [0.2, 0.25) is 0 Å². The van der Waals surface area contributed by atoms with Crippen molar-refractivity contribution in [1.82, 2.24) is 9.78 Å². The summed E-state index contributed by atoms with van der Waals surface area (Å²) in [6.07, 6.45) is -2.93. The van der Waals surface area contributed by atoms with Crippen LogP contribution >= 0.6 is 0 Å². The molecule has 1 aromatic carbocycles. The molecule has 0 bridgehead atoms. The summed E-state index contributed by atoms with van der Waals surface area (Å²) >= 11 is 0. The van der Waals surface area contributed by atoms with Gasteiger partial charge in [0.25, 0.3) is 0 Å². The zero-order chi connectivity index (χ0) is 12.5. The smallest absolute Gasteiger partial charge is 0.325 e. The third-order valence-corrected chi connectivity index (χ3v) is 2.31. The van der Waals surface area contributed by atoms with Crippen LogP contribution in [0.25, 0.3) is 5.69 Å². The van der Waals surface area contributed by atoms with Crippen LogP contribution in [0.4, 0.5) is 13.2 Å². The molecule has 1 aromatic heterocycles. The van der Waals surface area contributed by atoms with Crippen LogP contribution in [0.3, 0.4) is 0 Å². The summed E-state index contributed by atoms with van der Waals surface area (Å²) in [5.74, 6) is 0. The predicted octanol–water partition coefficient (Wildman–Crippen LogP) is 2.35. The van der Waals surface area contributed by atoms with Crippen molar-refractivity contribution >= 4 is 0 Å². The van der Waals surface area contributed by atoms with Crippen LogP contribution in [-0.2, 0) is 12.7 Å². The van der Waals surface area contributed by atoms with Crippen molar-refractivity contribution in [2.75, 3.05) is 0 Å². The lowest BCUT2D eigenvalue weighted by molar-refractivity contribution is -0.137. The average molecular weight is 241 g/mol. The minimum absolute atomic E-state index is 0.000278. The molecule has 0 unspecified atom stereocenters. The van der Waals surface area contributed by atoms with E-state index < -0.39 is 11.7 Å². The first kappa shape index (κ1) is 11.7. The molecule has 1 heterocycles. The van der Waals surface area contributed by atoms with Crippen molar-refractivity contribution in [3.63, 3.8) is 0 Å². The van der Waals surface area contributed by atoms with Gasteiger partial charge in [-0.25, -0.2) is 4.68 Å². The van der Waals surface area contributed by atoms with Gasteiger partial charge in [-0.15, -0.1) is 0 Å². The molecule has 0 fully saturated rings. The Balaban J connectivity index is 2.52. The minimum Gasteiger partial charge on any atom is -0.325 e. The Morgan fingerprint density at radius 3 is 2.47 bits per heavy atom. The lowest BCUT2D eigenvalue weighted by Gasteiger charge is -2.12. The molecule has 0 atom stereocenters. The molecule has 0 radical (unpaired) electrons. The van der Waals surface area contributed by atoms with E-state index in [-0.39, 0.29) is 12.2 Å². The highest BCUT2D eigenvalue weighted by Crippen LogP contribution is 2.33. The van der Waals surface area contributed by atoms with Gasteiger partial charge < -0.3 is 5.73 Å². The normalized spacial score (nSPS) is 11.8. The van der Waals surface area contributed by atoms with Gasteiger partial charge in [0.05, 0.1) is 16.9 Å². The van der Waals surface area contributed by atoms with Crippen molar-refractivity contribution in [2.24, 2.45) is 5.73 Å². The standard InChI is InChI=1S/C11H10F3N3/c12-11(13,14)9-3-1-2-4-10(9)17-6-5-8(7-15)16-17/h1-6H,7,15H2. The lowest BCUT2D eigenvalue weighted by Crippen LogP contribution is -2.11. The molecule has 17 heavy (non-hydrogen) atoms. The summed E-state index contributed by atoms with van der Waals surface area (Å²) in [5.41, 5.74) is 5.19. The highest BCUT2D eigenvalue weighted by Gasteiger charge is 2.33. The van der Waals surface area contributed by atoms with Gasteiger partial charge in [-0.05, 0) is 18.2 Å². The molecule has 2 aromatic rings. The number of alkyl halides is 3. The zero-order valence-electron chi connectivity index (χ0n) is 8.78. The Bertz CT molecular complexity index is 517. The van der Waals surface area contributed by atoms with Crippen molar-refractivity contribution < 1.29 is 13.2 Å². The van der Waals surface area contributed by atoms with Crippen molar-refractivity contribution in [3.05, 3.63) is 47.8 Å². The topological polar surface area (TPSA) is 43.8 Å². The lowest BCUT2D eigenvalue weighted by atomic mass is 10.2. The molecule has 0 spiro atoms. The van der Waals surface area contributed by atoms with Crippen LogP contribution in [0.1, 0.15) is 11.3 Å². The van der Waals surface area contributed by atoms with Gasteiger partial charge in [0.15, 0.2) is 0 Å². The van der Waals surface area contributed by atoms with Crippen LogP contribution in [0.15, 0.2) is 36.5 Å². The number of halogens is 3. The highest BCUT2D eigenvalue weighted by atomic mass is 19.4. The fraction of sp³-hybridized carbons (Fsp3) is 0.182. The zero-order valence-corrected chi connectivity index (χ0v) is 8.78. The minimum atomic E-state index is -4.40. The third-order valence-electron chi connectivity index (χ3n) is 2.31. The second-order valence-corrected chi connectivity index (χ2v) is 3.47. The Hall–Kier alpha value is -1.82. The van der Waals surface area contributed by atoms with E-state index in [0.717, 1.165) is 6.07 Å². The third kappa shape index (κ3) is 2.31. The van der Waals surface area contributed by atoms with Crippen molar-refractivity contribution in [3.8, 4) is 5.69 Å². The average Bonchev–Trinajstić information content (AvgIpc) is 2.76. The van der Waals surface area contributed by atoms with Gasteiger partial charge >= 0.3 is 6.18 Å². The molecule has 3 nitrogen and oxygen atoms in total. The van der Waals surface area contributed by atoms with Gasteiger partial charge in [-0.1, -0.05) is 12.1 Å².